The average Bonchev–Trinajstić information content (AvgIpc) is 2.12. The standard InChI is InChI=1S/C10H20F3NO3/c1-9(2,3)17-6-7(15)4-14-5-8(16)10(11,12)13/h7-8,14-16H,4-6H2,1-3H3. The van der Waals surface area contributed by atoms with Gasteiger partial charge >= 0.3 is 6.18 Å². The van der Waals surface area contributed by atoms with Crippen LogP contribution in [0.15, 0.2) is 0 Å². The lowest BCUT2D eigenvalue weighted by Gasteiger charge is -2.22. The molecule has 7 heteroatoms. The summed E-state index contributed by atoms with van der Waals surface area (Å²) in [5.41, 5.74) is -0.410. The van der Waals surface area contributed by atoms with Crippen LogP contribution in [0.2, 0.25) is 0 Å². The topological polar surface area (TPSA) is 61.7 Å². The minimum Gasteiger partial charge on any atom is -0.389 e. The average molecular weight is 259 g/mol. The van der Waals surface area contributed by atoms with Crippen molar-refractivity contribution < 1.29 is 28.1 Å². The van der Waals surface area contributed by atoms with Crippen LogP contribution in [0.25, 0.3) is 0 Å². The summed E-state index contributed by atoms with van der Waals surface area (Å²) < 4.78 is 40.9. The number of nitrogens with one attached hydrogen (secondary N) is 1. The van der Waals surface area contributed by atoms with Crippen LogP contribution in [0.5, 0.6) is 0 Å². The van der Waals surface area contributed by atoms with E-state index in [-0.39, 0.29) is 13.2 Å². The molecule has 0 bridgehead atoms. The summed E-state index contributed by atoms with van der Waals surface area (Å²) in [6, 6.07) is 0. The second-order valence-corrected chi connectivity index (χ2v) is 4.79. The number of hydrogen-bond donors (Lipinski definition) is 3. The van der Waals surface area contributed by atoms with Crippen molar-refractivity contribution in [2.45, 2.75) is 44.8 Å². The van der Waals surface area contributed by atoms with Gasteiger partial charge in [-0.1, -0.05) is 0 Å². The number of ether oxygens (including phenoxy) is 1. The molecule has 3 N–H and O–H groups in total. The number of aliphatic hydroxyl groups is 2. The second-order valence-electron chi connectivity index (χ2n) is 4.79. The van der Waals surface area contributed by atoms with Gasteiger partial charge in [-0.25, -0.2) is 0 Å². The molecule has 0 spiro atoms. The van der Waals surface area contributed by atoms with Crippen LogP contribution in [0, 0.1) is 0 Å². The van der Waals surface area contributed by atoms with E-state index in [2.05, 4.69) is 5.32 Å². The van der Waals surface area contributed by atoms with E-state index >= 15 is 0 Å². The minimum atomic E-state index is -4.64. The monoisotopic (exact) mass is 259 g/mol. The van der Waals surface area contributed by atoms with Crippen molar-refractivity contribution in [3.05, 3.63) is 0 Å². The highest BCUT2D eigenvalue weighted by molar-refractivity contribution is 4.70. The van der Waals surface area contributed by atoms with Crippen LogP contribution >= 0.6 is 0 Å². The van der Waals surface area contributed by atoms with Crippen molar-refractivity contribution >= 4 is 0 Å². The Morgan fingerprint density at radius 1 is 1.12 bits per heavy atom. The zero-order valence-corrected chi connectivity index (χ0v) is 10.2. The van der Waals surface area contributed by atoms with Crippen LogP contribution in [0.1, 0.15) is 20.8 Å². The molecule has 0 aliphatic rings. The summed E-state index contributed by atoms with van der Waals surface area (Å²) >= 11 is 0. The molecule has 0 rings (SSSR count). The van der Waals surface area contributed by atoms with Gasteiger partial charge in [0.2, 0.25) is 0 Å². The van der Waals surface area contributed by atoms with E-state index in [1.807, 2.05) is 0 Å². The Kier molecular flexibility index (Phi) is 6.39. The molecule has 2 atom stereocenters. The largest absolute Gasteiger partial charge is 0.415 e. The minimum absolute atomic E-state index is 0.0264. The normalized spacial score (nSPS) is 16.9. The fraction of sp³-hybridized carbons (Fsp3) is 1.00. The van der Waals surface area contributed by atoms with Crippen molar-refractivity contribution in [3.8, 4) is 0 Å². The summed E-state index contributed by atoms with van der Waals surface area (Å²) in [7, 11) is 0. The molecule has 104 valence electrons. The third-order valence-corrected chi connectivity index (χ3v) is 1.80. The Bertz CT molecular complexity index is 216. The Labute approximate surface area is 98.8 Å². The van der Waals surface area contributed by atoms with Crippen LogP contribution in [0.4, 0.5) is 13.2 Å². The number of aliphatic hydroxyl groups excluding tert-OH is 2. The highest BCUT2D eigenvalue weighted by Gasteiger charge is 2.37. The first-order valence-corrected chi connectivity index (χ1v) is 5.30. The van der Waals surface area contributed by atoms with Crippen LogP contribution in [-0.4, -0.2) is 53.9 Å². The molecule has 2 unspecified atom stereocenters. The Morgan fingerprint density at radius 2 is 1.65 bits per heavy atom. The van der Waals surface area contributed by atoms with E-state index in [0.29, 0.717) is 0 Å². The SMILES string of the molecule is CC(C)(C)OCC(O)CNCC(O)C(F)(F)F. The molecule has 0 aromatic rings. The molecule has 4 nitrogen and oxygen atoms in total. The predicted octanol–water partition coefficient (Wildman–Crippen LogP) is 0.675. The van der Waals surface area contributed by atoms with Gasteiger partial charge in [0.05, 0.1) is 18.3 Å². The van der Waals surface area contributed by atoms with Crippen molar-refractivity contribution in [3.63, 3.8) is 0 Å². The van der Waals surface area contributed by atoms with Gasteiger partial charge in [0.25, 0.3) is 0 Å². The van der Waals surface area contributed by atoms with Crippen molar-refractivity contribution in [2.75, 3.05) is 19.7 Å². The molecule has 17 heavy (non-hydrogen) atoms. The van der Waals surface area contributed by atoms with Crippen LogP contribution in [-0.2, 0) is 4.74 Å². The number of rotatable bonds is 6. The first kappa shape index (κ1) is 16.6. The van der Waals surface area contributed by atoms with Gasteiger partial charge in [0, 0.05) is 13.1 Å². The third kappa shape index (κ3) is 9.34. The van der Waals surface area contributed by atoms with Gasteiger partial charge in [0.1, 0.15) is 0 Å². The highest BCUT2D eigenvalue weighted by atomic mass is 19.4. The quantitative estimate of drug-likeness (QED) is 0.656. The molecule has 0 saturated carbocycles. The fourth-order valence-corrected chi connectivity index (χ4v) is 0.908. The zero-order valence-electron chi connectivity index (χ0n) is 10.2. The molecule has 0 aliphatic heterocycles. The second kappa shape index (κ2) is 6.53. The van der Waals surface area contributed by atoms with Gasteiger partial charge < -0.3 is 20.3 Å². The molecule has 0 saturated heterocycles. The number of halogens is 3. The number of alkyl halides is 3. The summed E-state index contributed by atoms with van der Waals surface area (Å²) in [5.74, 6) is 0. The number of hydrogen-bond acceptors (Lipinski definition) is 4. The van der Waals surface area contributed by atoms with E-state index in [0.717, 1.165) is 0 Å². The zero-order chi connectivity index (χ0) is 13.7. The molecule has 0 heterocycles. The molecule has 0 aliphatic carbocycles. The predicted molar refractivity (Wildman–Crippen MR) is 56.6 cm³/mol. The molecule has 0 amide bonds. The lowest BCUT2D eigenvalue weighted by atomic mass is 10.2. The summed E-state index contributed by atoms with van der Waals surface area (Å²) in [6.45, 7) is 4.74. The van der Waals surface area contributed by atoms with Crippen LogP contribution in [0.3, 0.4) is 0 Å². The maximum absolute atomic E-state index is 11.9. The van der Waals surface area contributed by atoms with E-state index < -0.39 is 30.5 Å². The van der Waals surface area contributed by atoms with Crippen molar-refractivity contribution in [1.82, 2.24) is 5.32 Å². The third-order valence-electron chi connectivity index (χ3n) is 1.80. The lowest BCUT2D eigenvalue weighted by Crippen LogP contribution is -2.42. The van der Waals surface area contributed by atoms with Crippen molar-refractivity contribution in [1.29, 1.82) is 0 Å². The molecular formula is C10H20F3NO3. The Balaban J connectivity index is 3.69. The Hall–Kier alpha value is -0.370. The lowest BCUT2D eigenvalue weighted by molar-refractivity contribution is -0.202. The first-order chi connectivity index (χ1) is 7.52. The summed E-state index contributed by atoms with van der Waals surface area (Å²) in [4.78, 5) is 0. The van der Waals surface area contributed by atoms with Gasteiger partial charge in [0.15, 0.2) is 6.10 Å². The maximum Gasteiger partial charge on any atom is 0.415 e. The van der Waals surface area contributed by atoms with Gasteiger partial charge in [-0.15, -0.1) is 0 Å². The molecule has 0 fully saturated rings. The van der Waals surface area contributed by atoms with E-state index in [4.69, 9.17) is 9.84 Å². The molecule has 0 radical (unpaired) electrons. The van der Waals surface area contributed by atoms with E-state index in [1.54, 1.807) is 20.8 Å². The van der Waals surface area contributed by atoms with Gasteiger partial charge in [-0.3, -0.25) is 0 Å². The molecule has 0 aromatic carbocycles. The smallest absolute Gasteiger partial charge is 0.389 e. The first-order valence-electron chi connectivity index (χ1n) is 5.30. The maximum atomic E-state index is 11.9. The fourth-order valence-electron chi connectivity index (χ4n) is 0.908. The highest BCUT2D eigenvalue weighted by Crippen LogP contribution is 2.19. The molecule has 0 aromatic heterocycles. The summed E-state index contributed by atoms with van der Waals surface area (Å²) in [6.07, 6.45) is -7.97. The van der Waals surface area contributed by atoms with Crippen LogP contribution < -0.4 is 5.32 Å². The van der Waals surface area contributed by atoms with E-state index in [9.17, 15) is 18.3 Å². The Morgan fingerprint density at radius 3 is 2.06 bits per heavy atom. The van der Waals surface area contributed by atoms with Gasteiger partial charge in [-0.2, -0.15) is 13.2 Å². The summed E-state index contributed by atoms with van der Waals surface area (Å²) in [5, 5.41) is 20.4. The van der Waals surface area contributed by atoms with E-state index in [1.165, 1.54) is 0 Å². The van der Waals surface area contributed by atoms with Gasteiger partial charge in [-0.05, 0) is 20.8 Å². The molecular weight excluding hydrogens is 239 g/mol. The van der Waals surface area contributed by atoms with Crippen molar-refractivity contribution in [2.24, 2.45) is 0 Å².